The molecule has 0 aliphatic carbocycles. The molecule has 0 unspecified atom stereocenters. The molecule has 0 fully saturated rings. The summed E-state index contributed by atoms with van der Waals surface area (Å²) in [5.41, 5.74) is 7.36. The summed E-state index contributed by atoms with van der Waals surface area (Å²) in [6, 6.07) is 21.4. The zero-order chi connectivity index (χ0) is 25.4. The summed E-state index contributed by atoms with van der Waals surface area (Å²) in [4.78, 5) is 21.5. The number of hydrogen-bond acceptors (Lipinski definition) is 2. The van der Waals surface area contributed by atoms with Gasteiger partial charge in [-0.2, -0.15) is 0 Å². The SMILES string of the molecule is Cc1cc2nc(P(c3ccccc3C)c3ccccc3C)n(C(=O)N(C(C)C)C(C)C)c2cc1C. The van der Waals surface area contributed by atoms with Crippen molar-refractivity contribution in [1.82, 2.24) is 14.5 Å². The summed E-state index contributed by atoms with van der Waals surface area (Å²) in [6.07, 6.45) is 0. The molecule has 0 saturated carbocycles. The topological polar surface area (TPSA) is 38.1 Å². The lowest BCUT2D eigenvalue weighted by atomic mass is 10.1. The van der Waals surface area contributed by atoms with Gasteiger partial charge in [0.05, 0.1) is 11.0 Å². The van der Waals surface area contributed by atoms with Crippen molar-refractivity contribution in [2.45, 2.75) is 67.5 Å². The maximum absolute atomic E-state index is 14.3. The van der Waals surface area contributed by atoms with E-state index in [2.05, 4.69) is 116 Å². The van der Waals surface area contributed by atoms with Crippen molar-refractivity contribution in [3.63, 3.8) is 0 Å². The van der Waals surface area contributed by atoms with E-state index in [-0.39, 0.29) is 18.1 Å². The first-order valence-electron chi connectivity index (χ1n) is 12.4. The van der Waals surface area contributed by atoms with E-state index in [1.54, 1.807) is 0 Å². The molecule has 4 aromatic rings. The third-order valence-corrected chi connectivity index (χ3v) is 9.36. The number of amides is 1. The lowest BCUT2D eigenvalue weighted by Crippen LogP contribution is -2.47. The van der Waals surface area contributed by atoms with Gasteiger partial charge in [0.15, 0.2) is 0 Å². The molecule has 35 heavy (non-hydrogen) atoms. The largest absolute Gasteiger partial charge is 0.330 e. The second kappa shape index (κ2) is 9.95. The summed E-state index contributed by atoms with van der Waals surface area (Å²) < 4.78 is 1.91. The molecule has 1 aromatic heterocycles. The number of hydrogen-bond donors (Lipinski definition) is 0. The van der Waals surface area contributed by atoms with E-state index in [0.29, 0.717) is 0 Å². The molecule has 0 spiro atoms. The molecule has 0 aliphatic rings. The van der Waals surface area contributed by atoms with Gasteiger partial charge in [-0.05, 0) is 100 Å². The van der Waals surface area contributed by atoms with Crippen molar-refractivity contribution in [2.24, 2.45) is 0 Å². The van der Waals surface area contributed by atoms with Crippen LogP contribution in [0.5, 0.6) is 0 Å². The van der Waals surface area contributed by atoms with Crippen LogP contribution >= 0.6 is 7.92 Å². The van der Waals surface area contributed by atoms with E-state index in [0.717, 1.165) is 22.2 Å². The molecular weight excluding hydrogens is 449 g/mol. The summed E-state index contributed by atoms with van der Waals surface area (Å²) in [6.45, 7) is 16.8. The minimum atomic E-state index is -1.07. The number of benzene rings is 3. The Morgan fingerprint density at radius 2 is 1.26 bits per heavy atom. The monoisotopic (exact) mass is 485 g/mol. The molecular formula is C30H36N3OP. The van der Waals surface area contributed by atoms with Crippen molar-refractivity contribution in [3.8, 4) is 0 Å². The number of aryl methyl sites for hydroxylation is 4. The molecule has 0 radical (unpaired) electrons. The first kappa shape index (κ1) is 25.1. The van der Waals surface area contributed by atoms with E-state index in [1.165, 1.54) is 27.3 Å². The van der Waals surface area contributed by atoms with Gasteiger partial charge in [-0.15, -0.1) is 0 Å². The molecule has 0 atom stereocenters. The average molecular weight is 486 g/mol. The first-order chi connectivity index (χ1) is 16.6. The zero-order valence-electron chi connectivity index (χ0n) is 22.1. The maximum Gasteiger partial charge on any atom is 0.330 e. The average Bonchev–Trinajstić information content (AvgIpc) is 3.14. The second-order valence-corrected chi connectivity index (χ2v) is 12.0. The van der Waals surface area contributed by atoms with Gasteiger partial charge in [0, 0.05) is 20.0 Å². The molecule has 0 N–H and O–H groups in total. The summed E-state index contributed by atoms with van der Waals surface area (Å²) >= 11 is 0. The molecule has 0 saturated heterocycles. The second-order valence-electron chi connectivity index (χ2n) is 9.96. The smallest absolute Gasteiger partial charge is 0.319 e. The van der Waals surface area contributed by atoms with Gasteiger partial charge in [0.2, 0.25) is 0 Å². The van der Waals surface area contributed by atoms with Crippen molar-refractivity contribution in [2.75, 3.05) is 0 Å². The van der Waals surface area contributed by atoms with Gasteiger partial charge in [-0.25, -0.2) is 14.3 Å². The van der Waals surface area contributed by atoms with Crippen LogP contribution in [0.2, 0.25) is 0 Å². The summed E-state index contributed by atoms with van der Waals surface area (Å²) in [5.74, 6) is 0. The lowest BCUT2D eigenvalue weighted by Gasteiger charge is -2.32. The highest BCUT2D eigenvalue weighted by atomic mass is 31.1. The minimum absolute atomic E-state index is 0.00887. The Kier molecular flexibility index (Phi) is 7.15. The Balaban J connectivity index is 2.11. The molecule has 1 amide bonds. The third-order valence-electron chi connectivity index (χ3n) is 6.69. The van der Waals surface area contributed by atoms with Crippen LogP contribution in [-0.4, -0.2) is 32.6 Å². The van der Waals surface area contributed by atoms with Gasteiger partial charge >= 0.3 is 6.03 Å². The number of fused-ring (bicyclic) bond motifs is 1. The Morgan fingerprint density at radius 3 is 1.74 bits per heavy atom. The van der Waals surface area contributed by atoms with Crippen LogP contribution in [0.1, 0.15) is 49.9 Å². The molecule has 1 heterocycles. The van der Waals surface area contributed by atoms with Crippen LogP contribution in [0.4, 0.5) is 4.79 Å². The fraction of sp³-hybridized carbons (Fsp3) is 0.333. The number of nitrogens with zero attached hydrogens (tertiary/aromatic N) is 3. The quantitative estimate of drug-likeness (QED) is 0.320. The molecule has 5 heteroatoms. The van der Waals surface area contributed by atoms with E-state index in [4.69, 9.17) is 4.98 Å². The zero-order valence-corrected chi connectivity index (χ0v) is 23.0. The highest BCUT2D eigenvalue weighted by Crippen LogP contribution is 2.37. The fourth-order valence-corrected chi connectivity index (χ4v) is 7.40. The van der Waals surface area contributed by atoms with Crippen molar-refractivity contribution < 1.29 is 4.79 Å². The number of rotatable bonds is 5. The maximum atomic E-state index is 14.3. The van der Waals surface area contributed by atoms with Gasteiger partial charge in [-0.3, -0.25) is 0 Å². The van der Waals surface area contributed by atoms with Gasteiger partial charge < -0.3 is 4.90 Å². The van der Waals surface area contributed by atoms with Gasteiger partial charge in [-0.1, -0.05) is 48.5 Å². The highest BCUT2D eigenvalue weighted by Gasteiger charge is 2.32. The fourth-order valence-electron chi connectivity index (χ4n) is 4.79. The van der Waals surface area contributed by atoms with Crippen molar-refractivity contribution >= 4 is 41.2 Å². The summed E-state index contributed by atoms with van der Waals surface area (Å²) in [5, 5.41) is 2.46. The van der Waals surface area contributed by atoms with Crippen LogP contribution < -0.4 is 16.2 Å². The van der Waals surface area contributed by atoms with E-state index in [1.807, 2.05) is 9.47 Å². The van der Waals surface area contributed by atoms with Gasteiger partial charge in [0.25, 0.3) is 0 Å². The molecule has 3 aromatic carbocycles. The van der Waals surface area contributed by atoms with Crippen molar-refractivity contribution in [3.05, 3.63) is 82.9 Å². The Morgan fingerprint density at radius 1 is 0.771 bits per heavy atom. The minimum Gasteiger partial charge on any atom is -0.319 e. The van der Waals surface area contributed by atoms with E-state index < -0.39 is 7.92 Å². The van der Waals surface area contributed by atoms with Crippen LogP contribution in [0.3, 0.4) is 0 Å². The predicted molar refractivity (Wildman–Crippen MR) is 150 cm³/mol. The van der Waals surface area contributed by atoms with Crippen LogP contribution in [0.15, 0.2) is 60.7 Å². The van der Waals surface area contributed by atoms with Gasteiger partial charge in [0.1, 0.15) is 5.57 Å². The van der Waals surface area contributed by atoms with Crippen LogP contribution in [0, 0.1) is 27.7 Å². The number of carbonyl (C=O) groups excluding carboxylic acids is 1. The lowest BCUT2D eigenvalue weighted by molar-refractivity contribution is 0.168. The Labute approximate surface area is 210 Å². The number of aromatic nitrogens is 2. The van der Waals surface area contributed by atoms with Crippen molar-refractivity contribution in [1.29, 1.82) is 0 Å². The molecule has 0 aliphatic heterocycles. The van der Waals surface area contributed by atoms with E-state index >= 15 is 0 Å². The third kappa shape index (κ3) is 4.65. The Hall–Kier alpha value is -2.97. The molecule has 182 valence electrons. The summed E-state index contributed by atoms with van der Waals surface area (Å²) in [7, 11) is -1.07. The molecule has 0 bridgehead atoms. The number of imidazole rings is 1. The van der Waals surface area contributed by atoms with Crippen LogP contribution in [-0.2, 0) is 0 Å². The Bertz CT molecular complexity index is 1330. The standard InChI is InChI=1S/C30H36N3OP/c1-19(2)32(20(3)4)30(34)33-26-18-24(8)23(7)17-25(26)31-29(33)35(27-15-11-9-13-21(27)5)28-16-12-10-14-22(28)6/h9-20H,1-8H3. The molecule has 4 rings (SSSR count). The van der Waals surface area contributed by atoms with Crippen LogP contribution in [0.25, 0.3) is 11.0 Å². The van der Waals surface area contributed by atoms with E-state index in [9.17, 15) is 4.79 Å². The number of carbonyl (C=O) groups is 1. The highest BCUT2D eigenvalue weighted by molar-refractivity contribution is 7.79. The predicted octanol–water partition coefficient (Wildman–Crippen LogP) is 6.12. The normalized spacial score (nSPS) is 11.7. The molecule has 4 nitrogen and oxygen atoms in total. The first-order valence-corrected chi connectivity index (χ1v) is 13.7.